The van der Waals surface area contributed by atoms with Gasteiger partial charge in [0, 0.05) is 42.4 Å². The van der Waals surface area contributed by atoms with E-state index in [2.05, 4.69) is 29.1 Å². The van der Waals surface area contributed by atoms with Crippen LogP contribution < -0.4 is 19.3 Å². The van der Waals surface area contributed by atoms with Crippen LogP contribution in [0.25, 0.3) is 0 Å². The fraction of sp³-hybridized carbons (Fsp3) is 0.441. The summed E-state index contributed by atoms with van der Waals surface area (Å²) < 4.78 is 17.6. The summed E-state index contributed by atoms with van der Waals surface area (Å²) in [4.78, 5) is 47.9. The zero-order chi connectivity index (χ0) is 32.3. The molecule has 5 rings (SSSR count). The van der Waals surface area contributed by atoms with Crippen LogP contribution in [0.4, 0.5) is 11.4 Å². The van der Waals surface area contributed by atoms with Gasteiger partial charge >= 0.3 is 0 Å². The molecule has 0 aliphatic carbocycles. The molecule has 1 spiro atoms. The number of carbonyl (C=O) groups excluding carboxylic acids is 3. The molecule has 2 bridgehead atoms. The average Bonchev–Trinajstić information content (AvgIpc) is 3.64. The van der Waals surface area contributed by atoms with Crippen LogP contribution in [0.1, 0.15) is 19.8 Å². The first-order chi connectivity index (χ1) is 21.8. The third kappa shape index (κ3) is 5.77. The lowest BCUT2D eigenvalue weighted by Crippen LogP contribution is -2.57. The van der Waals surface area contributed by atoms with Gasteiger partial charge in [0.2, 0.25) is 11.8 Å². The van der Waals surface area contributed by atoms with Crippen LogP contribution in [0.5, 0.6) is 11.5 Å². The van der Waals surface area contributed by atoms with Crippen molar-refractivity contribution in [1.29, 1.82) is 0 Å². The van der Waals surface area contributed by atoms with E-state index < -0.39 is 29.6 Å². The van der Waals surface area contributed by atoms with Crippen molar-refractivity contribution < 1.29 is 33.7 Å². The summed E-state index contributed by atoms with van der Waals surface area (Å²) in [5.74, 6) is -1.33. The topological polar surface area (TPSA) is 109 Å². The third-order valence-electron chi connectivity index (χ3n) is 8.86. The highest BCUT2D eigenvalue weighted by molar-refractivity contribution is 9.09. The van der Waals surface area contributed by atoms with Crippen LogP contribution in [-0.2, 0) is 19.1 Å². The van der Waals surface area contributed by atoms with E-state index in [1.54, 1.807) is 77.6 Å². The Morgan fingerprint density at radius 2 is 1.62 bits per heavy atom. The number of hydrogen-bond acceptors (Lipinski definition) is 7. The highest BCUT2D eigenvalue weighted by atomic mass is 79.9. The second kappa shape index (κ2) is 13.8. The fourth-order valence-corrected chi connectivity index (χ4v) is 8.00. The molecule has 3 unspecified atom stereocenters. The summed E-state index contributed by atoms with van der Waals surface area (Å²) in [6.07, 6.45) is 3.30. The molecule has 3 amide bonds. The van der Waals surface area contributed by atoms with Gasteiger partial charge in [-0.05, 0) is 68.3 Å². The maximum absolute atomic E-state index is 14.6. The number of alkyl halides is 1. The number of aliphatic hydroxyl groups is 1. The van der Waals surface area contributed by atoms with Crippen molar-refractivity contribution >= 4 is 45.0 Å². The predicted octanol–water partition coefficient (Wildman–Crippen LogP) is 3.96. The van der Waals surface area contributed by atoms with Crippen molar-refractivity contribution in [2.24, 2.45) is 11.8 Å². The highest BCUT2D eigenvalue weighted by Crippen LogP contribution is 2.60. The largest absolute Gasteiger partial charge is 0.497 e. The van der Waals surface area contributed by atoms with Crippen molar-refractivity contribution in [3.63, 3.8) is 0 Å². The van der Waals surface area contributed by atoms with E-state index in [0.717, 1.165) is 0 Å². The molecule has 2 aromatic carbocycles. The van der Waals surface area contributed by atoms with Crippen LogP contribution in [0.3, 0.4) is 0 Å². The number of ether oxygens (including phenoxy) is 3. The number of benzene rings is 2. The molecular weight excluding hydrogens is 642 g/mol. The Labute approximate surface area is 272 Å². The van der Waals surface area contributed by atoms with Crippen LogP contribution >= 0.6 is 15.9 Å². The van der Waals surface area contributed by atoms with Gasteiger partial charge in [-0.2, -0.15) is 0 Å². The maximum atomic E-state index is 14.6. The second-order valence-corrected chi connectivity index (χ2v) is 12.5. The molecular formula is C34H40BrN3O7. The first-order valence-corrected chi connectivity index (χ1v) is 16.1. The number of rotatable bonds is 14. The molecule has 3 heterocycles. The number of methoxy groups -OCH3 is 1. The monoisotopic (exact) mass is 681 g/mol. The normalized spacial score (nSPS) is 26.4. The minimum atomic E-state index is -1.24. The summed E-state index contributed by atoms with van der Waals surface area (Å²) in [6, 6.07) is 13.3. The molecule has 0 aromatic heterocycles. The summed E-state index contributed by atoms with van der Waals surface area (Å²) in [5, 5.41) is 9.71. The lowest BCUT2D eigenvalue weighted by atomic mass is 9.70. The Morgan fingerprint density at radius 3 is 2.16 bits per heavy atom. The van der Waals surface area contributed by atoms with E-state index in [0.29, 0.717) is 35.9 Å². The maximum Gasteiger partial charge on any atom is 0.253 e. The molecule has 3 aliphatic heterocycles. The quantitative estimate of drug-likeness (QED) is 0.238. The lowest BCUT2D eigenvalue weighted by molar-refractivity contribution is -0.140. The molecule has 240 valence electrons. The number of hydrogen-bond donors (Lipinski definition) is 1. The van der Waals surface area contributed by atoms with Crippen molar-refractivity contribution in [3.8, 4) is 11.5 Å². The van der Waals surface area contributed by atoms with Crippen molar-refractivity contribution in [3.05, 3.63) is 73.8 Å². The molecule has 6 atom stereocenters. The Bertz CT molecular complexity index is 1420. The Morgan fingerprint density at radius 1 is 1.04 bits per heavy atom. The Balaban J connectivity index is 1.54. The SMILES string of the molecule is C=CCN(C(=O)C1N(CCCO)C(=O)[C@@H]2[C@@H](C(=O)N(CC=C)c3ccc(OCC)cc3)[C@@H]3OC12CC3Br)c1ccc(OC)cc1. The standard InChI is InChI=1S/C34H40BrN3O7/c1-5-17-36(22-11-15-25(16-12-22)44-7-3)31(40)27-28-32(41)38(19-8-20-39)30(34(28)21-26(35)29(27)45-34)33(42)37(18-6-2)23-9-13-24(43-4)14-10-23/h5-6,9-16,26-30,39H,1-2,7-8,17-21H2,3-4H3/t26?,27-,28+,29-,30?,34?/m1/s1. The van der Waals surface area contributed by atoms with Crippen molar-refractivity contribution in [1.82, 2.24) is 4.90 Å². The molecule has 10 nitrogen and oxygen atoms in total. The summed E-state index contributed by atoms with van der Waals surface area (Å²) in [6.45, 7) is 10.5. The number of aliphatic hydroxyl groups excluding tert-OH is 1. The second-order valence-electron chi connectivity index (χ2n) is 11.4. The molecule has 2 aromatic rings. The number of anilines is 2. The number of halogens is 1. The molecule has 0 radical (unpaired) electrons. The Hall–Kier alpha value is -3.67. The van der Waals surface area contributed by atoms with Gasteiger partial charge in [0.25, 0.3) is 5.91 Å². The van der Waals surface area contributed by atoms with E-state index >= 15 is 0 Å². The molecule has 3 saturated heterocycles. The molecule has 11 heteroatoms. The molecule has 1 N–H and O–H groups in total. The van der Waals surface area contributed by atoms with Gasteiger partial charge in [-0.15, -0.1) is 13.2 Å². The first-order valence-electron chi connectivity index (χ1n) is 15.2. The number of likely N-dealkylation sites (tertiary alicyclic amines) is 1. The number of amides is 3. The van der Waals surface area contributed by atoms with Gasteiger partial charge in [0.15, 0.2) is 0 Å². The van der Waals surface area contributed by atoms with E-state index in [4.69, 9.17) is 14.2 Å². The highest BCUT2D eigenvalue weighted by Gasteiger charge is 2.77. The molecule has 45 heavy (non-hydrogen) atoms. The number of carbonyl (C=O) groups is 3. The summed E-state index contributed by atoms with van der Waals surface area (Å²) in [7, 11) is 1.57. The zero-order valence-electron chi connectivity index (χ0n) is 25.6. The van der Waals surface area contributed by atoms with Gasteiger partial charge in [-0.25, -0.2) is 0 Å². The van der Waals surface area contributed by atoms with Crippen LogP contribution in [0, 0.1) is 11.8 Å². The first kappa shape index (κ1) is 32.7. The Kier molecular flexibility index (Phi) is 10.0. The van der Waals surface area contributed by atoms with Gasteiger partial charge in [-0.3, -0.25) is 14.4 Å². The smallest absolute Gasteiger partial charge is 0.253 e. The van der Waals surface area contributed by atoms with E-state index in [9.17, 15) is 19.5 Å². The van der Waals surface area contributed by atoms with Crippen LogP contribution in [0.2, 0.25) is 0 Å². The predicted molar refractivity (Wildman–Crippen MR) is 175 cm³/mol. The average molecular weight is 683 g/mol. The minimum absolute atomic E-state index is 0.145. The number of nitrogens with zero attached hydrogens (tertiary/aromatic N) is 3. The van der Waals surface area contributed by atoms with Crippen LogP contribution in [-0.4, -0.2) is 90.3 Å². The van der Waals surface area contributed by atoms with E-state index in [-0.39, 0.29) is 55.2 Å². The molecule has 0 saturated carbocycles. The lowest BCUT2D eigenvalue weighted by Gasteiger charge is -2.37. The molecule has 3 aliphatic rings. The minimum Gasteiger partial charge on any atom is -0.497 e. The van der Waals surface area contributed by atoms with Gasteiger partial charge < -0.3 is 34.0 Å². The van der Waals surface area contributed by atoms with E-state index in [1.165, 1.54) is 4.90 Å². The van der Waals surface area contributed by atoms with Crippen molar-refractivity contribution in [2.75, 3.05) is 49.8 Å². The fourth-order valence-electron chi connectivity index (χ4n) is 7.05. The van der Waals surface area contributed by atoms with Crippen molar-refractivity contribution in [2.45, 2.75) is 42.3 Å². The molecule has 3 fully saturated rings. The third-order valence-corrected chi connectivity index (χ3v) is 9.71. The van der Waals surface area contributed by atoms with E-state index in [1.807, 2.05) is 6.92 Å². The van der Waals surface area contributed by atoms with Gasteiger partial charge in [0.05, 0.1) is 31.7 Å². The van der Waals surface area contributed by atoms with Crippen LogP contribution in [0.15, 0.2) is 73.8 Å². The number of fused-ring (bicyclic) bond motifs is 1. The summed E-state index contributed by atoms with van der Waals surface area (Å²) >= 11 is 3.75. The van der Waals surface area contributed by atoms with Gasteiger partial charge in [-0.1, -0.05) is 28.1 Å². The van der Waals surface area contributed by atoms with Gasteiger partial charge in [0.1, 0.15) is 23.1 Å². The summed E-state index contributed by atoms with van der Waals surface area (Å²) in [5.41, 5.74) is 0.00405. The zero-order valence-corrected chi connectivity index (χ0v) is 27.2.